The van der Waals surface area contributed by atoms with E-state index in [2.05, 4.69) is 22.9 Å². The molecule has 0 saturated carbocycles. The molecule has 0 saturated heterocycles. The van der Waals surface area contributed by atoms with Gasteiger partial charge in [-0.15, -0.1) is 0 Å². The normalized spacial score (nSPS) is 14.2. The minimum atomic E-state index is 0.131. The highest BCUT2D eigenvalue weighted by molar-refractivity contribution is 6.16. The van der Waals surface area contributed by atoms with Crippen molar-refractivity contribution in [3.63, 3.8) is 0 Å². The second-order valence-corrected chi connectivity index (χ2v) is 7.63. The lowest BCUT2D eigenvalue weighted by Crippen LogP contribution is -2.07. The summed E-state index contributed by atoms with van der Waals surface area (Å²) in [6.07, 6.45) is 4.84. The van der Waals surface area contributed by atoms with Gasteiger partial charge < -0.3 is 14.0 Å². The van der Waals surface area contributed by atoms with Crippen molar-refractivity contribution in [1.82, 2.24) is 4.57 Å². The van der Waals surface area contributed by atoms with Crippen molar-refractivity contribution in [2.24, 2.45) is 0 Å². The molecule has 4 heteroatoms. The number of nitrogens with zero attached hydrogens (tertiary/aromatic N) is 1. The monoisotopic (exact) mass is 409 g/mol. The molecule has 0 atom stereocenters. The molecule has 0 spiro atoms. The van der Waals surface area contributed by atoms with E-state index < -0.39 is 0 Å². The predicted octanol–water partition coefficient (Wildman–Crippen LogP) is 5.55. The summed E-state index contributed by atoms with van der Waals surface area (Å²) in [5, 5.41) is 1.14. The summed E-state index contributed by atoms with van der Waals surface area (Å²) < 4.78 is 13.5. The van der Waals surface area contributed by atoms with Gasteiger partial charge in [0.25, 0.3) is 0 Å². The second kappa shape index (κ2) is 8.15. The molecule has 0 amide bonds. The zero-order valence-corrected chi connectivity index (χ0v) is 17.4. The summed E-state index contributed by atoms with van der Waals surface area (Å²) in [4.78, 5) is 12.8. The van der Waals surface area contributed by atoms with Gasteiger partial charge in [-0.3, -0.25) is 4.79 Å². The Morgan fingerprint density at radius 3 is 2.52 bits per heavy atom. The number of carbonyl (C=O) groups excluding carboxylic acids is 1. The minimum absolute atomic E-state index is 0.131. The predicted molar refractivity (Wildman–Crippen MR) is 123 cm³/mol. The maximum Gasteiger partial charge on any atom is 0.189 e. The number of methoxy groups -OCH3 is 1. The summed E-state index contributed by atoms with van der Waals surface area (Å²) in [5.41, 5.74) is 4.95. The van der Waals surface area contributed by atoms with Gasteiger partial charge in [0, 0.05) is 40.2 Å². The molecule has 3 aromatic carbocycles. The molecule has 0 fully saturated rings. The van der Waals surface area contributed by atoms with Gasteiger partial charge in [-0.1, -0.05) is 54.6 Å². The van der Waals surface area contributed by atoms with Crippen molar-refractivity contribution >= 4 is 22.8 Å². The fourth-order valence-corrected chi connectivity index (χ4v) is 4.23. The number of ether oxygens (including phenoxy) is 2. The van der Waals surface area contributed by atoms with Crippen LogP contribution in [0.25, 0.3) is 17.0 Å². The van der Waals surface area contributed by atoms with Crippen LogP contribution in [0.1, 0.15) is 21.5 Å². The van der Waals surface area contributed by atoms with E-state index in [9.17, 15) is 4.79 Å². The molecule has 0 bridgehead atoms. The van der Waals surface area contributed by atoms with E-state index in [-0.39, 0.29) is 5.78 Å². The molecule has 5 rings (SSSR count). The molecular formula is C27H23NO3. The molecule has 0 N–H and O–H groups in total. The van der Waals surface area contributed by atoms with E-state index in [1.807, 2.05) is 66.7 Å². The molecule has 0 radical (unpaired) electrons. The van der Waals surface area contributed by atoms with E-state index in [0.717, 1.165) is 44.7 Å². The number of fused-ring (bicyclic) bond motifs is 2. The quantitative estimate of drug-likeness (QED) is 0.392. The smallest absolute Gasteiger partial charge is 0.189 e. The molecule has 4 aromatic rings. The van der Waals surface area contributed by atoms with E-state index in [1.54, 1.807) is 7.11 Å². The third-order valence-electron chi connectivity index (χ3n) is 5.74. The first-order valence-electron chi connectivity index (χ1n) is 10.4. The molecule has 1 heterocycles. The van der Waals surface area contributed by atoms with Gasteiger partial charge in [-0.25, -0.2) is 0 Å². The number of rotatable bonds is 6. The van der Waals surface area contributed by atoms with Gasteiger partial charge >= 0.3 is 0 Å². The van der Waals surface area contributed by atoms with E-state index in [1.165, 1.54) is 0 Å². The van der Waals surface area contributed by atoms with Crippen LogP contribution < -0.4 is 9.47 Å². The number of hydrogen-bond acceptors (Lipinski definition) is 3. The number of ketones is 1. The SMILES string of the molecule is COc1ccccc1OCCn1cc(/C=C2\Cc3ccccc3C2=O)c2ccccc21. The zero-order valence-electron chi connectivity index (χ0n) is 17.4. The largest absolute Gasteiger partial charge is 0.493 e. The van der Waals surface area contributed by atoms with E-state index in [0.29, 0.717) is 19.6 Å². The zero-order chi connectivity index (χ0) is 21.2. The maximum absolute atomic E-state index is 12.8. The topological polar surface area (TPSA) is 40.5 Å². The highest BCUT2D eigenvalue weighted by Gasteiger charge is 2.24. The van der Waals surface area contributed by atoms with Crippen molar-refractivity contribution in [3.8, 4) is 11.5 Å². The van der Waals surface area contributed by atoms with Crippen LogP contribution in [0.4, 0.5) is 0 Å². The summed E-state index contributed by atoms with van der Waals surface area (Å²) in [6, 6.07) is 23.8. The van der Waals surface area contributed by atoms with Gasteiger partial charge in [-0.05, 0) is 29.8 Å². The lowest BCUT2D eigenvalue weighted by atomic mass is 10.1. The van der Waals surface area contributed by atoms with Gasteiger partial charge in [0.05, 0.1) is 13.7 Å². The first-order valence-corrected chi connectivity index (χ1v) is 10.4. The Morgan fingerprint density at radius 2 is 1.68 bits per heavy atom. The van der Waals surface area contributed by atoms with Crippen LogP contribution in [0, 0.1) is 0 Å². The lowest BCUT2D eigenvalue weighted by Gasteiger charge is -2.11. The van der Waals surface area contributed by atoms with Gasteiger partial charge in [0.15, 0.2) is 17.3 Å². The number of para-hydroxylation sites is 3. The number of aromatic nitrogens is 1. The van der Waals surface area contributed by atoms with Crippen LogP contribution in [-0.4, -0.2) is 24.1 Å². The number of hydrogen-bond donors (Lipinski definition) is 0. The fourth-order valence-electron chi connectivity index (χ4n) is 4.23. The van der Waals surface area contributed by atoms with Crippen LogP contribution >= 0.6 is 0 Å². The Labute approximate surface area is 181 Å². The van der Waals surface area contributed by atoms with Crippen LogP contribution in [0.3, 0.4) is 0 Å². The highest BCUT2D eigenvalue weighted by Crippen LogP contribution is 2.31. The van der Waals surface area contributed by atoms with Gasteiger partial charge in [-0.2, -0.15) is 0 Å². The maximum atomic E-state index is 12.8. The molecule has 0 aliphatic heterocycles. The van der Waals surface area contributed by atoms with Crippen LogP contribution in [-0.2, 0) is 13.0 Å². The molecule has 154 valence electrons. The fraction of sp³-hybridized carbons (Fsp3) is 0.148. The third-order valence-corrected chi connectivity index (χ3v) is 5.74. The number of Topliss-reactive ketones (excluding diaryl/α,β-unsaturated/α-hetero) is 1. The first-order chi connectivity index (χ1) is 15.2. The minimum Gasteiger partial charge on any atom is -0.493 e. The molecule has 4 nitrogen and oxygen atoms in total. The Kier molecular flexibility index (Phi) is 5.04. The van der Waals surface area contributed by atoms with E-state index in [4.69, 9.17) is 9.47 Å². The molecule has 0 unspecified atom stereocenters. The molecule has 1 aliphatic carbocycles. The van der Waals surface area contributed by atoms with E-state index >= 15 is 0 Å². The number of benzene rings is 3. The Bertz CT molecular complexity index is 1300. The molecule has 31 heavy (non-hydrogen) atoms. The summed E-state index contributed by atoms with van der Waals surface area (Å²) >= 11 is 0. The lowest BCUT2D eigenvalue weighted by molar-refractivity contribution is 0.104. The average Bonchev–Trinajstić information content (AvgIpc) is 3.32. The summed E-state index contributed by atoms with van der Waals surface area (Å²) in [5.74, 6) is 1.59. The summed E-state index contributed by atoms with van der Waals surface area (Å²) in [7, 11) is 1.64. The van der Waals surface area contributed by atoms with Crippen LogP contribution in [0.2, 0.25) is 0 Å². The van der Waals surface area contributed by atoms with Crippen molar-refractivity contribution in [2.45, 2.75) is 13.0 Å². The molecule has 1 aliphatic rings. The van der Waals surface area contributed by atoms with Gasteiger partial charge in [0.1, 0.15) is 6.61 Å². The van der Waals surface area contributed by atoms with Crippen molar-refractivity contribution in [3.05, 3.63) is 101 Å². The standard InChI is InChI=1S/C27H23NO3/c1-30-25-12-6-7-13-26(25)31-15-14-28-18-21(22-9-4-5-11-24(22)28)17-20-16-19-8-2-3-10-23(19)27(20)29/h2-13,17-18H,14-16H2,1H3/b20-17+. The van der Waals surface area contributed by atoms with Crippen molar-refractivity contribution in [1.29, 1.82) is 0 Å². The average molecular weight is 409 g/mol. The Hall–Kier alpha value is -3.79. The van der Waals surface area contributed by atoms with Gasteiger partial charge in [0.2, 0.25) is 0 Å². The van der Waals surface area contributed by atoms with Crippen LogP contribution in [0.5, 0.6) is 11.5 Å². The Morgan fingerprint density at radius 1 is 0.935 bits per heavy atom. The molecule has 1 aromatic heterocycles. The first kappa shape index (κ1) is 19.2. The third kappa shape index (κ3) is 3.61. The summed E-state index contributed by atoms with van der Waals surface area (Å²) in [6.45, 7) is 1.20. The van der Waals surface area contributed by atoms with Crippen molar-refractivity contribution in [2.75, 3.05) is 13.7 Å². The Balaban J connectivity index is 1.41. The molecular weight excluding hydrogens is 386 g/mol. The number of allylic oxidation sites excluding steroid dienone is 1. The highest BCUT2D eigenvalue weighted by atomic mass is 16.5. The second-order valence-electron chi connectivity index (χ2n) is 7.63. The number of carbonyl (C=O) groups is 1. The van der Waals surface area contributed by atoms with Crippen molar-refractivity contribution < 1.29 is 14.3 Å². The van der Waals surface area contributed by atoms with Crippen LogP contribution in [0.15, 0.2) is 84.6 Å².